The second kappa shape index (κ2) is 13.7. The van der Waals surface area contributed by atoms with Crippen LogP contribution in [0.1, 0.15) is 37.8 Å². The summed E-state index contributed by atoms with van der Waals surface area (Å²) in [4.78, 5) is 28.2. The number of hydrogen-bond acceptors (Lipinski definition) is 4. The van der Waals surface area contributed by atoms with Crippen molar-refractivity contribution in [2.24, 2.45) is 0 Å². The number of nitrogens with zero attached hydrogens (tertiary/aromatic N) is 2. The summed E-state index contributed by atoms with van der Waals surface area (Å²) in [5, 5.41) is 2.85. The molecular weight excluding hydrogens is 585 g/mol. The van der Waals surface area contributed by atoms with Crippen LogP contribution in [-0.2, 0) is 26.2 Å². The Kier molecular flexibility index (Phi) is 10.7. The summed E-state index contributed by atoms with van der Waals surface area (Å²) < 4.78 is 43.0. The summed E-state index contributed by atoms with van der Waals surface area (Å²) in [5.74, 6) is -1.44. The number of nitrogens with one attached hydrogen (secondary N) is 1. The van der Waals surface area contributed by atoms with Gasteiger partial charge in [0.2, 0.25) is 11.8 Å². The van der Waals surface area contributed by atoms with Gasteiger partial charge in [-0.05, 0) is 74.4 Å². The number of carbonyl (C=O) groups excluding carboxylic acids is 2. The predicted molar refractivity (Wildman–Crippen MR) is 154 cm³/mol. The molecule has 7 nitrogen and oxygen atoms in total. The number of anilines is 1. The third-order valence-corrected chi connectivity index (χ3v) is 8.52. The van der Waals surface area contributed by atoms with E-state index in [1.807, 2.05) is 38.1 Å². The molecule has 0 bridgehead atoms. The van der Waals surface area contributed by atoms with Gasteiger partial charge in [0.15, 0.2) is 0 Å². The number of benzene rings is 3. The van der Waals surface area contributed by atoms with E-state index >= 15 is 0 Å². The number of rotatable bonds is 12. The molecule has 10 heteroatoms. The molecule has 3 rings (SSSR count). The quantitative estimate of drug-likeness (QED) is 0.275. The molecule has 0 aliphatic rings. The fourth-order valence-corrected chi connectivity index (χ4v) is 5.79. The highest BCUT2D eigenvalue weighted by molar-refractivity contribution is 9.10. The van der Waals surface area contributed by atoms with Crippen LogP contribution in [0.5, 0.6) is 0 Å². The van der Waals surface area contributed by atoms with E-state index in [0.29, 0.717) is 6.54 Å². The minimum atomic E-state index is -4.20. The van der Waals surface area contributed by atoms with Gasteiger partial charge in [-0.2, -0.15) is 0 Å². The third-order valence-electron chi connectivity index (χ3n) is 6.24. The highest BCUT2D eigenvalue weighted by Gasteiger charge is 2.32. The lowest BCUT2D eigenvalue weighted by Crippen LogP contribution is -2.51. The fraction of sp³-hybridized carbons (Fsp3) is 0.310. The van der Waals surface area contributed by atoms with Crippen molar-refractivity contribution >= 4 is 43.5 Å². The molecule has 0 radical (unpaired) electrons. The van der Waals surface area contributed by atoms with Gasteiger partial charge in [-0.1, -0.05) is 59.1 Å². The normalized spacial score (nSPS) is 12.0. The van der Waals surface area contributed by atoms with Crippen molar-refractivity contribution < 1.29 is 22.4 Å². The molecule has 1 N–H and O–H groups in total. The Bertz CT molecular complexity index is 1380. The molecule has 3 aromatic rings. The molecule has 0 saturated heterocycles. The van der Waals surface area contributed by atoms with Crippen LogP contribution in [0.3, 0.4) is 0 Å². The Morgan fingerprint density at radius 2 is 1.69 bits per heavy atom. The van der Waals surface area contributed by atoms with Crippen LogP contribution in [0.4, 0.5) is 10.1 Å². The maximum atomic E-state index is 13.8. The highest BCUT2D eigenvalue weighted by atomic mass is 79.9. The summed E-state index contributed by atoms with van der Waals surface area (Å²) in [6.45, 7) is 5.45. The lowest BCUT2D eigenvalue weighted by Gasteiger charge is -2.32. The van der Waals surface area contributed by atoms with Gasteiger partial charge in [0.05, 0.1) is 10.6 Å². The molecule has 0 spiro atoms. The molecule has 0 heterocycles. The molecule has 3 aromatic carbocycles. The van der Waals surface area contributed by atoms with E-state index in [1.165, 1.54) is 29.2 Å². The zero-order valence-corrected chi connectivity index (χ0v) is 24.6. The van der Waals surface area contributed by atoms with Crippen LogP contribution < -0.4 is 9.62 Å². The number of hydrogen-bond donors (Lipinski definition) is 1. The van der Waals surface area contributed by atoms with E-state index in [1.54, 1.807) is 19.1 Å². The average molecular weight is 619 g/mol. The summed E-state index contributed by atoms with van der Waals surface area (Å²) in [6, 6.07) is 17.6. The largest absolute Gasteiger partial charge is 0.354 e. The van der Waals surface area contributed by atoms with E-state index in [4.69, 9.17) is 0 Å². The summed E-state index contributed by atoms with van der Waals surface area (Å²) in [7, 11) is -4.20. The van der Waals surface area contributed by atoms with Gasteiger partial charge in [0.1, 0.15) is 18.4 Å². The number of amides is 2. The first-order valence-corrected chi connectivity index (χ1v) is 14.9. The number of halogens is 2. The van der Waals surface area contributed by atoms with Crippen molar-refractivity contribution in [3.8, 4) is 0 Å². The van der Waals surface area contributed by atoms with Gasteiger partial charge in [-0.3, -0.25) is 13.9 Å². The Balaban J connectivity index is 1.99. The number of unbranched alkanes of at least 4 members (excludes halogenated alkanes) is 1. The molecular formula is C29H33BrFN3O4S. The minimum absolute atomic E-state index is 0.00544. The Morgan fingerprint density at radius 1 is 1.03 bits per heavy atom. The van der Waals surface area contributed by atoms with Gasteiger partial charge in [-0.15, -0.1) is 0 Å². The molecule has 0 saturated carbocycles. The number of sulfonamides is 1. The molecule has 0 fully saturated rings. The molecule has 0 aliphatic carbocycles. The summed E-state index contributed by atoms with van der Waals surface area (Å²) in [6.07, 6.45) is 1.70. The minimum Gasteiger partial charge on any atom is -0.354 e. The first-order chi connectivity index (χ1) is 18.5. The van der Waals surface area contributed by atoms with Crippen molar-refractivity contribution in [2.75, 3.05) is 17.4 Å². The van der Waals surface area contributed by atoms with Crippen molar-refractivity contribution in [1.29, 1.82) is 0 Å². The fourth-order valence-electron chi connectivity index (χ4n) is 3.92. The molecule has 2 amide bonds. The van der Waals surface area contributed by atoms with Gasteiger partial charge in [-0.25, -0.2) is 12.8 Å². The topological polar surface area (TPSA) is 86.8 Å². The van der Waals surface area contributed by atoms with Crippen LogP contribution in [0.15, 0.2) is 82.2 Å². The van der Waals surface area contributed by atoms with Gasteiger partial charge in [0.25, 0.3) is 10.0 Å². The third kappa shape index (κ3) is 8.12. The molecule has 1 atom stereocenters. The average Bonchev–Trinajstić information content (AvgIpc) is 2.90. The van der Waals surface area contributed by atoms with E-state index in [-0.39, 0.29) is 23.0 Å². The summed E-state index contributed by atoms with van der Waals surface area (Å²) in [5.41, 5.74) is 1.77. The van der Waals surface area contributed by atoms with E-state index < -0.39 is 34.3 Å². The second-order valence-electron chi connectivity index (χ2n) is 9.27. The Morgan fingerprint density at radius 3 is 2.31 bits per heavy atom. The van der Waals surface area contributed by atoms with Crippen LogP contribution in [0.25, 0.3) is 0 Å². The molecule has 0 aromatic heterocycles. The van der Waals surface area contributed by atoms with Crippen LogP contribution in [0.2, 0.25) is 0 Å². The SMILES string of the molecule is CCCCNC(=O)C(C)N(Cc1cccc(Br)c1)C(=O)CN(c1ccc(F)cc1)S(=O)(=O)c1ccc(C)cc1. The van der Waals surface area contributed by atoms with E-state index in [0.717, 1.165) is 44.9 Å². The highest BCUT2D eigenvalue weighted by Crippen LogP contribution is 2.25. The van der Waals surface area contributed by atoms with Crippen molar-refractivity contribution in [3.05, 3.63) is 94.2 Å². The second-order valence-corrected chi connectivity index (χ2v) is 12.1. The number of aryl methyl sites for hydroxylation is 1. The van der Waals surface area contributed by atoms with Crippen LogP contribution in [0, 0.1) is 12.7 Å². The standard InChI is InChI=1S/C29H33BrFN3O4S/c1-4-5-17-32-29(36)22(3)33(19-23-7-6-8-24(30)18-23)28(35)20-34(26-13-11-25(31)12-14-26)39(37,38)27-15-9-21(2)10-16-27/h6-16,18,22H,4-5,17,19-20H2,1-3H3,(H,32,36). The predicted octanol–water partition coefficient (Wildman–Crippen LogP) is 5.43. The zero-order chi connectivity index (χ0) is 28.6. The molecule has 39 heavy (non-hydrogen) atoms. The summed E-state index contributed by atoms with van der Waals surface area (Å²) >= 11 is 3.43. The first kappa shape index (κ1) is 30.3. The number of carbonyl (C=O) groups is 2. The lowest BCUT2D eigenvalue weighted by molar-refractivity contribution is -0.139. The monoisotopic (exact) mass is 617 g/mol. The molecule has 1 unspecified atom stereocenters. The van der Waals surface area contributed by atoms with Crippen molar-refractivity contribution in [1.82, 2.24) is 10.2 Å². The zero-order valence-electron chi connectivity index (χ0n) is 22.2. The smallest absolute Gasteiger partial charge is 0.264 e. The maximum absolute atomic E-state index is 13.8. The van der Waals surface area contributed by atoms with Gasteiger partial charge < -0.3 is 10.2 Å². The molecule has 208 valence electrons. The van der Waals surface area contributed by atoms with Crippen LogP contribution in [-0.4, -0.2) is 44.3 Å². The van der Waals surface area contributed by atoms with Gasteiger partial charge in [0, 0.05) is 17.6 Å². The van der Waals surface area contributed by atoms with Crippen molar-refractivity contribution in [3.63, 3.8) is 0 Å². The Labute approximate surface area is 238 Å². The maximum Gasteiger partial charge on any atom is 0.264 e. The first-order valence-electron chi connectivity index (χ1n) is 12.7. The van der Waals surface area contributed by atoms with Crippen LogP contribution >= 0.6 is 15.9 Å². The van der Waals surface area contributed by atoms with E-state index in [2.05, 4.69) is 21.2 Å². The molecule has 0 aliphatic heterocycles. The Hall–Kier alpha value is -3.24. The van der Waals surface area contributed by atoms with E-state index in [9.17, 15) is 22.4 Å². The van der Waals surface area contributed by atoms with Gasteiger partial charge >= 0.3 is 0 Å². The van der Waals surface area contributed by atoms with Crippen molar-refractivity contribution in [2.45, 2.75) is 51.1 Å². The lowest BCUT2D eigenvalue weighted by atomic mass is 10.1.